The van der Waals surface area contributed by atoms with E-state index in [0.29, 0.717) is 18.5 Å². The minimum atomic E-state index is 0.401. The highest BCUT2D eigenvalue weighted by atomic mass is 16.5. The summed E-state index contributed by atoms with van der Waals surface area (Å²) in [5, 5.41) is 0. The molecular formula is C24H35N3O. The molecule has 1 fully saturated rings. The second-order valence-corrected chi connectivity index (χ2v) is 7.99. The topological polar surface area (TPSA) is 41.7 Å². The van der Waals surface area contributed by atoms with Crippen LogP contribution in [-0.4, -0.2) is 45.3 Å². The van der Waals surface area contributed by atoms with E-state index in [4.69, 9.17) is 10.5 Å². The zero-order valence-electron chi connectivity index (χ0n) is 17.6. The van der Waals surface area contributed by atoms with Crippen LogP contribution in [-0.2, 0) is 17.7 Å². The summed E-state index contributed by atoms with van der Waals surface area (Å²) in [5.41, 5.74) is 11.0. The third-order valence-electron chi connectivity index (χ3n) is 5.89. The van der Waals surface area contributed by atoms with E-state index in [2.05, 4.69) is 79.3 Å². The summed E-state index contributed by atoms with van der Waals surface area (Å²) in [6.45, 7) is 6.51. The Bertz CT molecular complexity index is 706. The summed E-state index contributed by atoms with van der Waals surface area (Å²) >= 11 is 0. The van der Waals surface area contributed by atoms with Crippen LogP contribution in [0.3, 0.4) is 0 Å². The molecule has 2 atom stereocenters. The molecule has 1 aliphatic heterocycles. The van der Waals surface area contributed by atoms with Crippen molar-refractivity contribution >= 4 is 5.69 Å². The molecule has 3 rings (SSSR count). The third-order valence-corrected chi connectivity index (χ3v) is 5.89. The molecule has 0 bridgehead atoms. The molecule has 0 amide bonds. The van der Waals surface area contributed by atoms with Crippen molar-refractivity contribution in [2.45, 2.75) is 32.4 Å². The Kier molecular flexibility index (Phi) is 7.49. The van der Waals surface area contributed by atoms with Crippen molar-refractivity contribution in [3.05, 3.63) is 65.2 Å². The molecule has 0 saturated carbocycles. The van der Waals surface area contributed by atoms with Gasteiger partial charge in [-0.2, -0.15) is 0 Å². The SMILES string of the molecule is CCC(Cc1ccc(CN)cc1)C(c1ccc(N2CCOCC2)cc1)N(C)C. The van der Waals surface area contributed by atoms with Gasteiger partial charge < -0.3 is 20.3 Å². The van der Waals surface area contributed by atoms with Crippen LogP contribution in [0.5, 0.6) is 0 Å². The van der Waals surface area contributed by atoms with Gasteiger partial charge in [-0.15, -0.1) is 0 Å². The largest absolute Gasteiger partial charge is 0.378 e. The monoisotopic (exact) mass is 381 g/mol. The van der Waals surface area contributed by atoms with E-state index in [1.807, 2.05) is 0 Å². The van der Waals surface area contributed by atoms with Crippen molar-refractivity contribution in [2.24, 2.45) is 11.7 Å². The van der Waals surface area contributed by atoms with Gasteiger partial charge in [0.05, 0.1) is 13.2 Å². The molecule has 1 heterocycles. The number of nitrogens with zero attached hydrogens (tertiary/aromatic N) is 2. The lowest BCUT2D eigenvalue weighted by Gasteiger charge is -2.33. The predicted octanol–water partition coefficient (Wildman–Crippen LogP) is 3.85. The van der Waals surface area contributed by atoms with Gasteiger partial charge in [0.2, 0.25) is 0 Å². The molecule has 4 heteroatoms. The number of ether oxygens (including phenoxy) is 1. The molecule has 2 N–H and O–H groups in total. The fraction of sp³-hybridized carbons (Fsp3) is 0.500. The fourth-order valence-electron chi connectivity index (χ4n) is 4.29. The van der Waals surface area contributed by atoms with Gasteiger partial charge in [-0.25, -0.2) is 0 Å². The zero-order valence-corrected chi connectivity index (χ0v) is 17.6. The summed E-state index contributed by atoms with van der Waals surface area (Å²) < 4.78 is 5.48. The molecule has 0 spiro atoms. The first-order valence-electron chi connectivity index (χ1n) is 10.5. The van der Waals surface area contributed by atoms with Crippen LogP contribution >= 0.6 is 0 Å². The lowest BCUT2D eigenvalue weighted by Crippen LogP contribution is -2.36. The molecule has 4 nitrogen and oxygen atoms in total. The second-order valence-electron chi connectivity index (χ2n) is 7.99. The predicted molar refractivity (Wildman–Crippen MR) is 118 cm³/mol. The average molecular weight is 382 g/mol. The Balaban J connectivity index is 1.76. The van der Waals surface area contributed by atoms with Crippen molar-refractivity contribution in [1.29, 1.82) is 0 Å². The average Bonchev–Trinajstić information content (AvgIpc) is 2.74. The van der Waals surface area contributed by atoms with Crippen molar-refractivity contribution in [1.82, 2.24) is 4.90 Å². The highest BCUT2D eigenvalue weighted by molar-refractivity contribution is 5.48. The Labute approximate surface area is 170 Å². The van der Waals surface area contributed by atoms with Gasteiger partial charge in [-0.1, -0.05) is 49.7 Å². The van der Waals surface area contributed by atoms with Crippen LogP contribution in [0.25, 0.3) is 0 Å². The molecule has 2 aromatic rings. The van der Waals surface area contributed by atoms with E-state index < -0.39 is 0 Å². The number of hydrogen-bond acceptors (Lipinski definition) is 4. The van der Waals surface area contributed by atoms with Crippen LogP contribution in [0.15, 0.2) is 48.5 Å². The summed E-state index contributed by atoms with van der Waals surface area (Å²) in [6.07, 6.45) is 2.22. The van der Waals surface area contributed by atoms with Crippen LogP contribution < -0.4 is 10.6 Å². The van der Waals surface area contributed by atoms with E-state index in [0.717, 1.165) is 39.1 Å². The van der Waals surface area contributed by atoms with Gasteiger partial charge in [0.1, 0.15) is 0 Å². The highest BCUT2D eigenvalue weighted by Gasteiger charge is 2.24. The van der Waals surface area contributed by atoms with Crippen molar-refractivity contribution in [3.8, 4) is 0 Å². The number of hydrogen-bond donors (Lipinski definition) is 1. The van der Waals surface area contributed by atoms with E-state index in [1.165, 1.54) is 22.4 Å². The standard InChI is InChI=1S/C24H35N3O/c1-4-21(17-19-5-7-20(18-25)8-6-19)24(26(2)3)22-9-11-23(12-10-22)27-13-15-28-16-14-27/h5-12,21,24H,4,13-18,25H2,1-3H3. The molecule has 152 valence electrons. The number of nitrogens with two attached hydrogens (primary N) is 1. The minimum Gasteiger partial charge on any atom is -0.378 e. The number of anilines is 1. The fourth-order valence-corrected chi connectivity index (χ4v) is 4.29. The highest BCUT2D eigenvalue weighted by Crippen LogP contribution is 2.33. The van der Waals surface area contributed by atoms with Gasteiger partial charge in [0, 0.05) is 31.4 Å². The van der Waals surface area contributed by atoms with Gasteiger partial charge in [0.15, 0.2) is 0 Å². The maximum Gasteiger partial charge on any atom is 0.0642 e. The summed E-state index contributed by atoms with van der Waals surface area (Å²) in [6, 6.07) is 18.4. The third kappa shape index (κ3) is 5.13. The lowest BCUT2D eigenvalue weighted by molar-refractivity contribution is 0.122. The number of rotatable bonds is 8. The van der Waals surface area contributed by atoms with E-state index in [9.17, 15) is 0 Å². The Morgan fingerprint density at radius 3 is 2.11 bits per heavy atom. The van der Waals surface area contributed by atoms with Crippen molar-refractivity contribution in [3.63, 3.8) is 0 Å². The molecule has 1 saturated heterocycles. The Morgan fingerprint density at radius 1 is 0.964 bits per heavy atom. The summed E-state index contributed by atoms with van der Waals surface area (Å²) in [5.74, 6) is 0.563. The zero-order chi connectivity index (χ0) is 19.9. The Morgan fingerprint density at radius 2 is 1.57 bits per heavy atom. The van der Waals surface area contributed by atoms with E-state index in [1.54, 1.807) is 0 Å². The van der Waals surface area contributed by atoms with Crippen LogP contribution in [0.1, 0.15) is 36.1 Å². The smallest absolute Gasteiger partial charge is 0.0642 e. The minimum absolute atomic E-state index is 0.401. The maximum absolute atomic E-state index is 5.74. The first-order valence-corrected chi connectivity index (χ1v) is 10.5. The maximum atomic E-state index is 5.74. The normalized spacial score (nSPS) is 17.0. The van der Waals surface area contributed by atoms with Crippen LogP contribution in [0.4, 0.5) is 5.69 Å². The van der Waals surface area contributed by atoms with E-state index >= 15 is 0 Å². The molecule has 0 aromatic heterocycles. The first-order chi connectivity index (χ1) is 13.6. The van der Waals surface area contributed by atoms with Crippen LogP contribution in [0.2, 0.25) is 0 Å². The molecule has 28 heavy (non-hydrogen) atoms. The molecule has 0 radical (unpaired) electrons. The first kappa shape index (κ1) is 20.8. The molecular weight excluding hydrogens is 346 g/mol. The molecule has 1 aliphatic rings. The molecule has 0 aliphatic carbocycles. The number of benzene rings is 2. The van der Waals surface area contributed by atoms with Gasteiger partial charge in [0.25, 0.3) is 0 Å². The summed E-state index contributed by atoms with van der Waals surface area (Å²) in [7, 11) is 4.39. The second kappa shape index (κ2) is 10.1. The molecule has 2 aromatic carbocycles. The van der Waals surface area contributed by atoms with Gasteiger partial charge in [-0.05, 0) is 55.3 Å². The van der Waals surface area contributed by atoms with Gasteiger partial charge in [-0.3, -0.25) is 0 Å². The van der Waals surface area contributed by atoms with Crippen molar-refractivity contribution in [2.75, 3.05) is 45.3 Å². The van der Waals surface area contributed by atoms with Crippen molar-refractivity contribution < 1.29 is 4.74 Å². The molecule has 2 unspecified atom stereocenters. The quantitative estimate of drug-likeness (QED) is 0.754. The van der Waals surface area contributed by atoms with Crippen LogP contribution in [0, 0.1) is 5.92 Å². The number of morpholine rings is 1. The lowest BCUT2D eigenvalue weighted by atomic mass is 9.85. The summed E-state index contributed by atoms with van der Waals surface area (Å²) in [4.78, 5) is 4.78. The van der Waals surface area contributed by atoms with E-state index in [-0.39, 0.29) is 0 Å². The van der Waals surface area contributed by atoms with Gasteiger partial charge >= 0.3 is 0 Å². The Hall–Kier alpha value is -1.88.